The topological polar surface area (TPSA) is 60.7 Å². The fourth-order valence-corrected chi connectivity index (χ4v) is 3.27. The van der Waals surface area contributed by atoms with E-state index in [0.29, 0.717) is 29.8 Å². The minimum absolute atomic E-state index is 0.00354. The maximum absolute atomic E-state index is 12.7. The van der Waals surface area contributed by atoms with Gasteiger partial charge in [-0.3, -0.25) is 14.0 Å². The van der Waals surface area contributed by atoms with Crippen molar-refractivity contribution in [1.29, 1.82) is 0 Å². The highest BCUT2D eigenvalue weighted by atomic mass is 16.5. The molecule has 1 aliphatic heterocycles. The Morgan fingerprint density at radius 1 is 1.24 bits per heavy atom. The van der Waals surface area contributed by atoms with Gasteiger partial charge in [-0.25, -0.2) is 4.98 Å². The fraction of sp³-hybridized carbons (Fsp3) is 0.250. The molecule has 0 spiro atoms. The number of imidazole rings is 1. The van der Waals surface area contributed by atoms with Gasteiger partial charge in [0.25, 0.3) is 0 Å². The average molecular weight is 334 g/mol. The number of pyridine rings is 1. The smallest absolute Gasteiger partial charge is 0.203 e. The van der Waals surface area contributed by atoms with Gasteiger partial charge in [-0.15, -0.1) is 0 Å². The molecule has 0 saturated heterocycles. The standard InChI is InChI=1S/C20H18N2O3/c1-12-7-8-22-19(9-12)21-13(2)20(22)16(23)5-3-14-4-6-18-15(10-14)17(24)11-25-18/h4,6-10H,3,5,11H2,1-2H3. The van der Waals surface area contributed by atoms with Crippen molar-refractivity contribution in [3.63, 3.8) is 0 Å². The number of Topliss-reactive ketones (excluding diaryl/α,β-unsaturated/α-hetero) is 2. The number of fused-ring (bicyclic) bond motifs is 2. The van der Waals surface area contributed by atoms with Crippen LogP contribution in [0.4, 0.5) is 0 Å². The zero-order chi connectivity index (χ0) is 17.6. The number of ether oxygens (including phenoxy) is 1. The molecule has 126 valence electrons. The molecule has 0 fully saturated rings. The fourth-order valence-electron chi connectivity index (χ4n) is 3.27. The Hall–Kier alpha value is -2.95. The molecule has 0 amide bonds. The predicted octanol–water partition coefficient (Wildman–Crippen LogP) is 3.34. The lowest BCUT2D eigenvalue weighted by Crippen LogP contribution is -2.07. The van der Waals surface area contributed by atoms with Crippen LogP contribution < -0.4 is 4.74 Å². The molecule has 2 aromatic heterocycles. The minimum atomic E-state index is -0.00354. The van der Waals surface area contributed by atoms with Gasteiger partial charge < -0.3 is 4.74 Å². The summed E-state index contributed by atoms with van der Waals surface area (Å²) in [5.74, 6) is 0.682. The number of nitrogens with zero attached hydrogens (tertiary/aromatic N) is 2. The van der Waals surface area contributed by atoms with Crippen LogP contribution in [-0.4, -0.2) is 27.6 Å². The number of hydrogen-bond acceptors (Lipinski definition) is 4. The summed E-state index contributed by atoms with van der Waals surface area (Å²) in [6, 6.07) is 9.49. The number of aryl methyl sites for hydroxylation is 3. The number of ketones is 2. The number of carbonyl (C=O) groups excluding carboxylic acids is 2. The van der Waals surface area contributed by atoms with E-state index < -0.39 is 0 Å². The molecule has 1 aromatic carbocycles. The molecule has 1 aliphatic rings. The second kappa shape index (κ2) is 5.84. The van der Waals surface area contributed by atoms with E-state index in [9.17, 15) is 9.59 Å². The lowest BCUT2D eigenvalue weighted by atomic mass is 10.0. The SMILES string of the molecule is Cc1ccn2c(C(=O)CCc3ccc4c(c3)C(=O)CO4)c(C)nc2c1. The first-order valence-electron chi connectivity index (χ1n) is 8.30. The van der Waals surface area contributed by atoms with Gasteiger partial charge >= 0.3 is 0 Å². The summed E-state index contributed by atoms with van der Waals surface area (Å²) in [6.45, 7) is 3.98. The molecule has 0 N–H and O–H groups in total. The van der Waals surface area contributed by atoms with Gasteiger partial charge in [-0.05, 0) is 55.7 Å². The minimum Gasteiger partial charge on any atom is -0.485 e. The second-order valence-corrected chi connectivity index (χ2v) is 6.44. The molecule has 0 radical (unpaired) electrons. The Balaban J connectivity index is 1.56. The van der Waals surface area contributed by atoms with Crippen molar-refractivity contribution in [3.8, 4) is 5.75 Å². The van der Waals surface area contributed by atoms with Crippen LogP contribution in [0.15, 0.2) is 36.5 Å². The van der Waals surface area contributed by atoms with Gasteiger partial charge in [-0.2, -0.15) is 0 Å². The third kappa shape index (κ3) is 2.71. The first-order chi connectivity index (χ1) is 12.0. The highest BCUT2D eigenvalue weighted by Crippen LogP contribution is 2.26. The van der Waals surface area contributed by atoms with E-state index in [2.05, 4.69) is 4.98 Å². The van der Waals surface area contributed by atoms with Gasteiger partial charge in [0.15, 0.2) is 12.4 Å². The number of carbonyl (C=O) groups is 2. The lowest BCUT2D eigenvalue weighted by molar-refractivity contribution is 0.0959. The molecule has 25 heavy (non-hydrogen) atoms. The number of hydrogen-bond donors (Lipinski definition) is 0. The Morgan fingerprint density at radius 2 is 2.08 bits per heavy atom. The van der Waals surface area contributed by atoms with Crippen LogP contribution >= 0.6 is 0 Å². The molecule has 0 saturated carbocycles. The Labute approximate surface area is 145 Å². The molecule has 0 bridgehead atoms. The van der Waals surface area contributed by atoms with Crippen molar-refractivity contribution in [2.24, 2.45) is 0 Å². The third-order valence-electron chi connectivity index (χ3n) is 4.56. The zero-order valence-electron chi connectivity index (χ0n) is 14.2. The van der Waals surface area contributed by atoms with E-state index in [1.165, 1.54) is 0 Å². The van der Waals surface area contributed by atoms with Crippen LogP contribution in [0.25, 0.3) is 5.65 Å². The van der Waals surface area contributed by atoms with E-state index in [1.807, 2.05) is 54.8 Å². The average Bonchev–Trinajstić information content (AvgIpc) is 3.11. The summed E-state index contributed by atoms with van der Waals surface area (Å²) in [5.41, 5.74) is 4.87. The summed E-state index contributed by atoms with van der Waals surface area (Å²) in [6.07, 6.45) is 2.84. The number of rotatable bonds is 4. The summed E-state index contributed by atoms with van der Waals surface area (Å²) < 4.78 is 7.15. The quantitative estimate of drug-likeness (QED) is 0.687. The molecule has 5 nitrogen and oxygen atoms in total. The van der Waals surface area contributed by atoms with Crippen molar-refractivity contribution in [2.45, 2.75) is 26.7 Å². The molecule has 0 atom stereocenters. The van der Waals surface area contributed by atoms with Crippen molar-refractivity contribution in [1.82, 2.24) is 9.38 Å². The maximum atomic E-state index is 12.7. The van der Waals surface area contributed by atoms with Crippen LogP contribution in [0.5, 0.6) is 5.75 Å². The first kappa shape index (κ1) is 15.6. The normalized spacial score (nSPS) is 13.1. The number of benzene rings is 1. The molecular formula is C20H18N2O3. The summed E-state index contributed by atoms with van der Waals surface area (Å²) in [4.78, 5) is 29.0. The van der Waals surface area contributed by atoms with E-state index in [4.69, 9.17) is 4.74 Å². The van der Waals surface area contributed by atoms with E-state index >= 15 is 0 Å². The maximum Gasteiger partial charge on any atom is 0.203 e. The van der Waals surface area contributed by atoms with E-state index in [-0.39, 0.29) is 18.2 Å². The van der Waals surface area contributed by atoms with Gasteiger partial charge in [-0.1, -0.05) is 6.07 Å². The van der Waals surface area contributed by atoms with Crippen molar-refractivity contribution in [3.05, 3.63) is 64.6 Å². The van der Waals surface area contributed by atoms with Crippen molar-refractivity contribution in [2.75, 3.05) is 6.61 Å². The summed E-state index contributed by atoms with van der Waals surface area (Å²) in [5, 5.41) is 0. The van der Waals surface area contributed by atoms with Crippen LogP contribution in [0.1, 0.15) is 44.1 Å². The lowest BCUT2D eigenvalue weighted by Gasteiger charge is -2.05. The molecule has 0 unspecified atom stereocenters. The van der Waals surface area contributed by atoms with Gasteiger partial charge in [0.1, 0.15) is 17.1 Å². The highest BCUT2D eigenvalue weighted by molar-refractivity contribution is 6.02. The molecular weight excluding hydrogens is 316 g/mol. The Morgan fingerprint density at radius 3 is 2.92 bits per heavy atom. The molecule has 3 heterocycles. The van der Waals surface area contributed by atoms with E-state index in [1.54, 1.807) is 0 Å². The van der Waals surface area contributed by atoms with Crippen molar-refractivity contribution < 1.29 is 14.3 Å². The Bertz CT molecular complexity index is 1020. The molecule has 0 aliphatic carbocycles. The van der Waals surface area contributed by atoms with E-state index in [0.717, 1.165) is 22.5 Å². The second-order valence-electron chi connectivity index (χ2n) is 6.44. The van der Waals surface area contributed by atoms with Crippen molar-refractivity contribution >= 4 is 17.2 Å². The van der Waals surface area contributed by atoms with Crippen LogP contribution in [-0.2, 0) is 6.42 Å². The highest BCUT2D eigenvalue weighted by Gasteiger charge is 2.22. The number of aromatic nitrogens is 2. The molecule has 5 heteroatoms. The van der Waals surface area contributed by atoms with Crippen LogP contribution in [0.3, 0.4) is 0 Å². The zero-order valence-corrected chi connectivity index (χ0v) is 14.2. The van der Waals surface area contributed by atoms with Crippen LogP contribution in [0, 0.1) is 13.8 Å². The predicted molar refractivity (Wildman–Crippen MR) is 93.6 cm³/mol. The largest absolute Gasteiger partial charge is 0.485 e. The summed E-state index contributed by atoms with van der Waals surface area (Å²) >= 11 is 0. The monoisotopic (exact) mass is 334 g/mol. The summed E-state index contributed by atoms with van der Waals surface area (Å²) in [7, 11) is 0. The van der Waals surface area contributed by atoms with Gasteiger partial charge in [0, 0.05) is 12.6 Å². The third-order valence-corrected chi connectivity index (χ3v) is 4.56. The van der Waals surface area contributed by atoms with Gasteiger partial charge in [0.05, 0.1) is 11.3 Å². The molecule has 3 aromatic rings. The van der Waals surface area contributed by atoms with Crippen LogP contribution in [0.2, 0.25) is 0 Å². The Kier molecular flexibility index (Phi) is 3.64. The first-order valence-corrected chi connectivity index (χ1v) is 8.30. The van der Waals surface area contributed by atoms with Gasteiger partial charge in [0.2, 0.25) is 5.78 Å². The molecule has 4 rings (SSSR count).